The third-order valence-corrected chi connectivity index (χ3v) is 3.76. The van der Waals surface area contributed by atoms with Crippen molar-refractivity contribution in [2.45, 2.75) is 25.7 Å². The normalized spacial score (nSPS) is 21.6. The van der Waals surface area contributed by atoms with Crippen molar-refractivity contribution in [3.05, 3.63) is 39.9 Å². The maximum absolute atomic E-state index is 12.0. The van der Waals surface area contributed by atoms with Gasteiger partial charge in [0.25, 0.3) is 5.69 Å². The molecule has 20 heavy (non-hydrogen) atoms. The predicted molar refractivity (Wildman–Crippen MR) is 70.5 cm³/mol. The lowest BCUT2D eigenvalue weighted by atomic mass is 9.96. The van der Waals surface area contributed by atoms with Gasteiger partial charge in [-0.1, -0.05) is 0 Å². The van der Waals surface area contributed by atoms with Gasteiger partial charge in [0.2, 0.25) is 0 Å². The van der Waals surface area contributed by atoms with Crippen LogP contribution in [0, 0.1) is 22.0 Å². The van der Waals surface area contributed by atoms with Crippen molar-refractivity contribution in [2.75, 3.05) is 0 Å². The molecular weight excluding hydrogens is 262 g/mol. The molecule has 0 spiro atoms. The van der Waals surface area contributed by atoms with Crippen molar-refractivity contribution in [1.29, 1.82) is 0 Å². The Hall–Kier alpha value is -2.24. The minimum atomic E-state index is -0.796. The Morgan fingerprint density at radius 2 is 1.90 bits per heavy atom. The molecule has 1 aromatic carbocycles. The van der Waals surface area contributed by atoms with Crippen LogP contribution in [0.25, 0.3) is 0 Å². The van der Waals surface area contributed by atoms with Gasteiger partial charge in [-0.3, -0.25) is 19.7 Å². The second kappa shape index (κ2) is 5.81. The Morgan fingerprint density at radius 3 is 2.40 bits per heavy atom. The summed E-state index contributed by atoms with van der Waals surface area (Å²) < 4.78 is 0. The van der Waals surface area contributed by atoms with E-state index < -0.39 is 10.9 Å². The zero-order valence-electron chi connectivity index (χ0n) is 10.8. The number of nitro groups is 1. The van der Waals surface area contributed by atoms with E-state index in [1.54, 1.807) is 0 Å². The first-order chi connectivity index (χ1) is 9.47. The summed E-state index contributed by atoms with van der Waals surface area (Å²) in [6, 6.07) is 5.51. The van der Waals surface area contributed by atoms with E-state index in [1.165, 1.54) is 24.3 Å². The van der Waals surface area contributed by atoms with E-state index in [4.69, 9.17) is 5.11 Å². The van der Waals surface area contributed by atoms with Gasteiger partial charge in [0.05, 0.1) is 10.8 Å². The lowest BCUT2D eigenvalue weighted by Crippen LogP contribution is -2.11. The number of nitrogens with zero attached hydrogens (tertiary/aromatic N) is 1. The molecule has 1 aliphatic rings. The summed E-state index contributed by atoms with van der Waals surface area (Å²) in [4.78, 5) is 32.9. The van der Waals surface area contributed by atoms with Crippen LogP contribution in [0.3, 0.4) is 0 Å². The number of benzene rings is 1. The number of carboxylic acids is 1. The first kappa shape index (κ1) is 14.2. The third kappa shape index (κ3) is 3.20. The fraction of sp³-hybridized carbons (Fsp3) is 0.429. The van der Waals surface area contributed by atoms with Crippen LogP contribution in [0.4, 0.5) is 5.69 Å². The molecule has 106 valence electrons. The van der Waals surface area contributed by atoms with Crippen molar-refractivity contribution in [2.24, 2.45) is 11.8 Å². The zero-order chi connectivity index (χ0) is 14.7. The van der Waals surface area contributed by atoms with E-state index in [9.17, 15) is 19.7 Å². The van der Waals surface area contributed by atoms with Crippen molar-refractivity contribution in [3.63, 3.8) is 0 Å². The molecule has 1 N–H and O–H groups in total. The molecule has 6 nitrogen and oxygen atoms in total. The number of rotatable bonds is 5. The maximum atomic E-state index is 12.0. The zero-order valence-corrected chi connectivity index (χ0v) is 10.8. The highest BCUT2D eigenvalue weighted by Gasteiger charge is 2.30. The van der Waals surface area contributed by atoms with E-state index in [0.717, 1.165) is 6.42 Å². The smallest absolute Gasteiger partial charge is 0.306 e. The van der Waals surface area contributed by atoms with Gasteiger partial charge >= 0.3 is 5.97 Å². The lowest BCUT2D eigenvalue weighted by molar-refractivity contribution is -0.384. The number of hydrogen-bond acceptors (Lipinski definition) is 4. The highest BCUT2D eigenvalue weighted by molar-refractivity contribution is 5.96. The van der Waals surface area contributed by atoms with Gasteiger partial charge < -0.3 is 5.11 Å². The molecule has 0 aromatic heterocycles. The largest absolute Gasteiger partial charge is 0.481 e. The van der Waals surface area contributed by atoms with E-state index >= 15 is 0 Å². The lowest BCUT2D eigenvalue weighted by Gasteiger charge is -2.08. The van der Waals surface area contributed by atoms with E-state index in [2.05, 4.69) is 0 Å². The van der Waals surface area contributed by atoms with Crippen LogP contribution < -0.4 is 0 Å². The van der Waals surface area contributed by atoms with E-state index in [1.807, 2.05) is 0 Å². The van der Waals surface area contributed by atoms with Crippen molar-refractivity contribution in [3.8, 4) is 0 Å². The van der Waals surface area contributed by atoms with Crippen LogP contribution in [0.15, 0.2) is 24.3 Å². The molecule has 0 bridgehead atoms. The van der Waals surface area contributed by atoms with Crippen LogP contribution >= 0.6 is 0 Å². The summed E-state index contributed by atoms with van der Waals surface area (Å²) in [5.41, 5.74) is 0.391. The Morgan fingerprint density at radius 1 is 1.25 bits per heavy atom. The molecule has 1 fully saturated rings. The number of carbonyl (C=O) groups is 2. The molecule has 0 saturated heterocycles. The fourth-order valence-corrected chi connectivity index (χ4v) is 2.63. The standard InChI is InChI=1S/C14H15NO5/c16-13(8-9-1-2-11(7-9)14(17)18)10-3-5-12(6-4-10)15(19)20/h3-6,9,11H,1-2,7-8H2,(H,17,18)/t9-,11+/m1/s1. The molecule has 0 heterocycles. The summed E-state index contributed by atoms with van der Waals surface area (Å²) in [6.07, 6.45) is 2.21. The number of carbonyl (C=O) groups excluding carboxylic acids is 1. The molecule has 2 rings (SSSR count). The first-order valence-electron chi connectivity index (χ1n) is 6.48. The average molecular weight is 277 g/mol. The number of nitro benzene ring substituents is 1. The minimum Gasteiger partial charge on any atom is -0.481 e. The summed E-state index contributed by atoms with van der Waals surface area (Å²) in [6.45, 7) is 0. The maximum Gasteiger partial charge on any atom is 0.306 e. The molecule has 0 aliphatic heterocycles. The average Bonchev–Trinajstić information content (AvgIpc) is 2.87. The van der Waals surface area contributed by atoms with Gasteiger partial charge in [0, 0.05) is 24.1 Å². The second-order valence-electron chi connectivity index (χ2n) is 5.15. The van der Waals surface area contributed by atoms with Crippen molar-refractivity contribution in [1.82, 2.24) is 0 Å². The summed E-state index contributed by atoms with van der Waals surface area (Å²) in [5, 5.41) is 19.4. The predicted octanol–water partition coefficient (Wildman–Crippen LogP) is 2.67. The summed E-state index contributed by atoms with van der Waals surface area (Å²) >= 11 is 0. The van der Waals surface area contributed by atoms with Gasteiger partial charge in [0.15, 0.2) is 5.78 Å². The molecule has 0 amide bonds. The SMILES string of the molecule is O=C(C[C@@H]1CC[C@H](C(=O)O)C1)c1ccc([N+](=O)[O-])cc1. The summed E-state index contributed by atoms with van der Waals surface area (Å²) in [5.74, 6) is -1.13. The van der Waals surface area contributed by atoms with Gasteiger partial charge in [-0.2, -0.15) is 0 Å². The van der Waals surface area contributed by atoms with E-state index in [-0.39, 0.29) is 23.3 Å². The Labute approximate surface area is 115 Å². The van der Waals surface area contributed by atoms with Gasteiger partial charge in [0.1, 0.15) is 0 Å². The Bertz CT molecular complexity index is 537. The van der Waals surface area contributed by atoms with Crippen LogP contribution in [0.1, 0.15) is 36.0 Å². The number of Topliss-reactive ketones (excluding diaryl/α,β-unsaturated/α-hetero) is 1. The number of aliphatic carboxylic acids is 1. The molecule has 6 heteroatoms. The monoisotopic (exact) mass is 277 g/mol. The molecular formula is C14H15NO5. The van der Waals surface area contributed by atoms with Crippen LogP contribution in [-0.4, -0.2) is 21.8 Å². The van der Waals surface area contributed by atoms with Gasteiger partial charge in [-0.25, -0.2) is 0 Å². The van der Waals surface area contributed by atoms with Crippen molar-refractivity contribution >= 4 is 17.4 Å². The number of ketones is 1. The number of hydrogen-bond donors (Lipinski definition) is 1. The van der Waals surface area contributed by atoms with Crippen LogP contribution in [-0.2, 0) is 4.79 Å². The van der Waals surface area contributed by atoms with Crippen LogP contribution in [0.5, 0.6) is 0 Å². The summed E-state index contributed by atoms with van der Waals surface area (Å²) in [7, 11) is 0. The van der Waals surface area contributed by atoms with Crippen molar-refractivity contribution < 1.29 is 19.6 Å². The molecule has 2 atom stereocenters. The van der Waals surface area contributed by atoms with E-state index in [0.29, 0.717) is 24.8 Å². The molecule has 1 aliphatic carbocycles. The Kier molecular flexibility index (Phi) is 4.12. The van der Waals surface area contributed by atoms with Gasteiger partial charge in [-0.05, 0) is 37.3 Å². The highest BCUT2D eigenvalue weighted by Crippen LogP contribution is 2.34. The molecule has 0 unspecified atom stereocenters. The number of carboxylic acid groups (broad SMARTS) is 1. The van der Waals surface area contributed by atoms with Crippen LogP contribution in [0.2, 0.25) is 0 Å². The first-order valence-corrected chi connectivity index (χ1v) is 6.48. The number of non-ortho nitro benzene ring substituents is 1. The molecule has 0 radical (unpaired) electrons. The highest BCUT2D eigenvalue weighted by atomic mass is 16.6. The second-order valence-corrected chi connectivity index (χ2v) is 5.15. The molecule has 1 saturated carbocycles. The Balaban J connectivity index is 1.95. The fourth-order valence-electron chi connectivity index (χ4n) is 2.63. The quantitative estimate of drug-likeness (QED) is 0.507. The molecule has 1 aromatic rings. The minimum absolute atomic E-state index is 0.0478. The van der Waals surface area contributed by atoms with Gasteiger partial charge in [-0.15, -0.1) is 0 Å². The third-order valence-electron chi connectivity index (χ3n) is 3.76. The topological polar surface area (TPSA) is 97.5 Å².